The Bertz CT molecular complexity index is 1110. The molecule has 2 heterocycles. The molecule has 8 nitrogen and oxygen atoms in total. The summed E-state index contributed by atoms with van der Waals surface area (Å²) in [5.41, 5.74) is 1.12. The Morgan fingerprint density at radius 1 is 1.19 bits per heavy atom. The first-order valence-electron chi connectivity index (χ1n) is 9.72. The maximum absolute atomic E-state index is 12.9. The number of thiophene rings is 1. The number of unbranched alkanes of at least 4 members (excludes halogenated alkanes) is 2. The molecule has 0 bridgehead atoms. The average molecular weight is 461 g/mol. The van der Waals surface area contributed by atoms with E-state index >= 15 is 0 Å². The lowest BCUT2D eigenvalue weighted by atomic mass is 10.2. The number of aliphatic carboxylic acids is 1. The summed E-state index contributed by atoms with van der Waals surface area (Å²) in [6.45, 7) is 0.412. The molecule has 3 rings (SSSR count). The monoisotopic (exact) mass is 460 g/mol. The molecule has 2 aromatic heterocycles. The molecule has 0 aliphatic rings. The van der Waals surface area contributed by atoms with Crippen LogP contribution >= 0.6 is 23.1 Å². The molecule has 0 saturated heterocycles. The standard InChI is InChI=1S/C21H23N3O5S2/c1-29-15-8-6-14(7-9-15)22-17(25)13-31-21-23-16-10-12-30-19(16)20(28)24(21)11-4-2-3-5-18(26)27/h6-10,12H,2-5,11,13H2,1H3,(H,22,25)(H,26,27)/p-1. The predicted molar refractivity (Wildman–Crippen MR) is 120 cm³/mol. The fourth-order valence-corrected chi connectivity index (χ4v) is 4.55. The van der Waals surface area contributed by atoms with E-state index in [0.29, 0.717) is 52.6 Å². The lowest BCUT2D eigenvalue weighted by Crippen LogP contribution is -2.24. The van der Waals surface area contributed by atoms with Crippen LogP contribution in [0.3, 0.4) is 0 Å². The Labute approximate surface area is 187 Å². The number of hydrogen-bond acceptors (Lipinski definition) is 8. The van der Waals surface area contributed by atoms with Crippen LogP contribution in [0.2, 0.25) is 0 Å². The summed E-state index contributed by atoms with van der Waals surface area (Å²) in [5.74, 6) is -0.490. The zero-order chi connectivity index (χ0) is 22.2. The quantitative estimate of drug-likeness (QED) is 0.266. The number of anilines is 1. The Hall–Kier alpha value is -2.85. The van der Waals surface area contributed by atoms with Crippen molar-refractivity contribution in [2.24, 2.45) is 0 Å². The van der Waals surface area contributed by atoms with Crippen molar-refractivity contribution in [3.63, 3.8) is 0 Å². The lowest BCUT2D eigenvalue weighted by molar-refractivity contribution is -0.305. The molecule has 1 aromatic carbocycles. The summed E-state index contributed by atoms with van der Waals surface area (Å²) in [5, 5.41) is 15.6. The zero-order valence-electron chi connectivity index (χ0n) is 17.0. The highest BCUT2D eigenvalue weighted by Gasteiger charge is 2.14. The number of carbonyl (C=O) groups is 2. The second-order valence-corrected chi connectivity index (χ2v) is 8.59. The Morgan fingerprint density at radius 2 is 1.97 bits per heavy atom. The number of nitrogens with one attached hydrogen (secondary N) is 1. The molecule has 3 aromatic rings. The van der Waals surface area contributed by atoms with Crippen LogP contribution < -0.4 is 20.7 Å². The maximum Gasteiger partial charge on any atom is 0.272 e. The molecule has 31 heavy (non-hydrogen) atoms. The third kappa shape index (κ3) is 6.31. The first-order chi connectivity index (χ1) is 15.0. The number of fused-ring (bicyclic) bond motifs is 1. The van der Waals surface area contributed by atoms with Crippen LogP contribution in [0, 0.1) is 0 Å². The van der Waals surface area contributed by atoms with E-state index in [1.807, 2.05) is 5.38 Å². The molecular weight excluding hydrogens is 438 g/mol. The van der Waals surface area contributed by atoms with Crippen molar-refractivity contribution >= 4 is 50.9 Å². The number of rotatable bonds is 11. The Balaban J connectivity index is 1.66. The second-order valence-electron chi connectivity index (χ2n) is 6.73. The number of amides is 1. The fraction of sp³-hybridized carbons (Fsp3) is 0.333. The highest BCUT2D eigenvalue weighted by Crippen LogP contribution is 2.22. The largest absolute Gasteiger partial charge is 0.550 e. The van der Waals surface area contributed by atoms with Gasteiger partial charge in [-0.3, -0.25) is 14.2 Å². The van der Waals surface area contributed by atoms with Crippen LogP contribution in [0.5, 0.6) is 5.75 Å². The highest BCUT2D eigenvalue weighted by atomic mass is 32.2. The number of benzene rings is 1. The van der Waals surface area contributed by atoms with E-state index in [2.05, 4.69) is 10.3 Å². The molecule has 10 heteroatoms. The van der Waals surface area contributed by atoms with Crippen LogP contribution in [0.4, 0.5) is 5.69 Å². The fourth-order valence-electron chi connectivity index (χ4n) is 2.95. The molecule has 1 amide bonds. The van der Waals surface area contributed by atoms with E-state index in [1.165, 1.54) is 23.1 Å². The molecule has 1 N–H and O–H groups in total. The van der Waals surface area contributed by atoms with Crippen molar-refractivity contribution in [3.05, 3.63) is 46.1 Å². The summed E-state index contributed by atoms with van der Waals surface area (Å²) in [7, 11) is 1.57. The molecule has 0 aliphatic heterocycles. The first-order valence-corrected chi connectivity index (χ1v) is 11.6. The van der Waals surface area contributed by atoms with E-state index in [0.717, 1.165) is 0 Å². The Morgan fingerprint density at radius 3 is 2.68 bits per heavy atom. The number of methoxy groups -OCH3 is 1. The van der Waals surface area contributed by atoms with E-state index < -0.39 is 5.97 Å². The summed E-state index contributed by atoms with van der Waals surface area (Å²) >= 11 is 2.53. The molecule has 0 unspecified atom stereocenters. The first kappa shape index (κ1) is 22.8. The smallest absolute Gasteiger partial charge is 0.272 e. The van der Waals surface area contributed by atoms with Crippen LogP contribution in [0.1, 0.15) is 25.7 Å². The molecular formula is C21H22N3O5S2-. The van der Waals surface area contributed by atoms with Gasteiger partial charge in [-0.1, -0.05) is 18.2 Å². The number of thioether (sulfide) groups is 1. The number of carboxylic acids is 1. The number of carbonyl (C=O) groups excluding carboxylic acids is 2. The van der Waals surface area contributed by atoms with Gasteiger partial charge in [0, 0.05) is 18.2 Å². The molecule has 0 aliphatic carbocycles. The van der Waals surface area contributed by atoms with Crippen molar-refractivity contribution in [1.82, 2.24) is 9.55 Å². The zero-order valence-corrected chi connectivity index (χ0v) is 18.6. The summed E-state index contributed by atoms with van der Waals surface area (Å²) in [6, 6.07) is 8.80. The van der Waals surface area contributed by atoms with Gasteiger partial charge in [0.2, 0.25) is 5.91 Å². The average Bonchev–Trinajstić information content (AvgIpc) is 3.23. The molecule has 0 spiro atoms. The van der Waals surface area contributed by atoms with Crippen LogP contribution in [-0.2, 0) is 16.1 Å². The third-order valence-corrected chi connectivity index (χ3v) is 6.37. The summed E-state index contributed by atoms with van der Waals surface area (Å²) < 4.78 is 7.25. The van der Waals surface area contributed by atoms with Gasteiger partial charge in [0.25, 0.3) is 5.56 Å². The predicted octanol–water partition coefficient (Wildman–Crippen LogP) is 2.51. The van der Waals surface area contributed by atoms with Crippen molar-refractivity contribution in [2.75, 3.05) is 18.2 Å². The number of hydrogen-bond donors (Lipinski definition) is 1. The third-order valence-electron chi connectivity index (χ3n) is 4.50. The number of ether oxygens (including phenoxy) is 1. The van der Waals surface area contributed by atoms with Crippen molar-refractivity contribution in [1.29, 1.82) is 0 Å². The minimum absolute atomic E-state index is 0.00421. The van der Waals surface area contributed by atoms with Gasteiger partial charge >= 0.3 is 0 Å². The van der Waals surface area contributed by atoms with E-state index in [9.17, 15) is 19.5 Å². The Kier molecular flexibility index (Phi) is 8.07. The van der Waals surface area contributed by atoms with Gasteiger partial charge in [-0.2, -0.15) is 0 Å². The topological polar surface area (TPSA) is 113 Å². The number of carboxylic acid groups (broad SMARTS) is 1. The van der Waals surface area contributed by atoms with E-state index in [1.54, 1.807) is 42.0 Å². The van der Waals surface area contributed by atoms with Crippen LogP contribution in [0.15, 0.2) is 45.7 Å². The van der Waals surface area contributed by atoms with Gasteiger partial charge in [-0.05, 0) is 55.0 Å². The molecule has 0 saturated carbocycles. The van der Waals surface area contributed by atoms with Gasteiger partial charge < -0.3 is 20.0 Å². The van der Waals surface area contributed by atoms with Gasteiger partial charge in [-0.15, -0.1) is 11.3 Å². The van der Waals surface area contributed by atoms with Gasteiger partial charge in [0.1, 0.15) is 10.4 Å². The molecule has 0 fully saturated rings. The maximum atomic E-state index is 12.9. The minimum atomic E-state index is -1.07. The van der Waals surface area contributed by atoms with Crippen molar-refractivity contribution < 1.29 is 19.4 Å². The molecule has 0 atom stereocenters. The van der Waals surface area contributed by atoms with Crippen LogP contribution in [0.25, 0.3) is 10.2 Å². The number of nitrogens with zero attached hydrogens (tertiary/aromatic N) is 2. The minimum Gasteiger partial charge on any atom is -0.550 e. The van der Waals surface area contributed by atoms with Gasteiger partial charge in [0.15, 0.2) is 5.16 Å². The van der Waals surface area contributed by atoms with Crippen molar-refractivity contribution in [3.8, 4) is 5.75 Å². The molecule has 0 radical (unpaired) electrons. The summed E-state index contributed by atoms with van der Waals surface area (Å²) in [4.78, 5) is 40.4. The van der Waals surface area contributed by atoms with Crippen molar-refractivity contribution in [2.45, 2.75) is 37.4 Å². The van der Waals surface area contributed by atoms with E-state index in [-0.39, 0.29) is 23.6 Å². The number of aromatic nitrogens is 2. The second kappa shape index (κ2) is 11.0. The van der Waals surface area contributed by atoms with Crippen LogP contribution in [-0.4, -0.2) is 34.3 Å². The SMILES string of the molecule is COc1ccc(NC(=O)CSc2nc3ccsc3c(=O)n2CCCCCC(=O)[O-])cc1. The van der Waals surface area contributed by atoms with Gasteiger partial charge in [-0.25, -0.2) is 4.98 Å². The van der Waals surface area contributed by atoms with E-state index in [4.69, 9.17) is 4.74 Å². The normalized spacial score (nSPS) is 10.9. The van der Waals surface area contributed by atoms with Gasteiger partial charge in [0.05, 0.1) is 18.4 Å². The highest BCUT2D eigenvalue weighted by molar-refractivity contribution is 7.99. The lowest BCUT2D eigenvalue weighted by Gasteiger charge is -2.12. The summed E-state index contributed by atoms with van der Waals surface area (Å²) in [6.07, 6.45) is 1.80. The molecule has 164 valence electrons.